The van der Waals surface area contributed by atoms with Crippen LogP contribution in [-0.4, -0.2) is 26.5 Å². The van der Waals surface area contributed by atoms with E-state index >= 15 is 0 Å². The molecule has 1 aromatic carbocycles. The number of ketones is 1. The Morgan fingerprint density at radius 2 is 2.10 bits per heavy atom. The van der Waals surface area contributed by atoms with Crippen molar-refractivity contribution in [2.75, 3.05) is 5.75 Å². The minimum absolute atomic E-state index is 0.110. The lowest BCUT2D eigenvalue weighted by Crippen LogP contribution is -2.01. The van der Waals surface area contributed by atoms with Gasteiger partial charge in [-0.3, -0.25) is 4.79 Å². The Morgan fingerprint density at radius 1 is 1.30 bits per heavy atom. The second-order valence-electron chi connectivity index (χ2n) is 4.71. The molecule has 0 atom stereocenters. The molecule has 3 rings (SSSR count). The molecule has 2 N–H and O–H groups in total. The molecule has 5 heteroatoms. The van der Waals surface area contributed by atoms with E-state index in [2.05, 4.69) is 15.0 Å². The van der Waals surface area contributed by atoms with Crippen molar-refractivity contribution < 1.29 is 4.79 Å². The van der Waals surface area contributed by atoms with Crippen LogP contribution >= 0.6 is 11.8 Å². The summed E-state index contributed by atoms with van der Waals surface area (Å²) in [5.74, 6) is 0.494. The number of aromatic nitrogens is 3. The van der Waals surface area contributed by atoms with Crippen LogP contribution in [0.4, 0.5) is 0 Å². The minimum atomic E-state index is 0.110. The third-order valence-electron chi connectivity index (χ3n) is 3.34. The molecule has 3 aromatic rings. The lowest BCUT2D eigenvalue weighted by atomic mass is 10.1. The van der Waals surface area contributed by atoms with Crippen molar-refractivity contribution in [2.45, 2.75) is 19.0 Å². The van der Waals surface area contributed by atoms with Crippen LogP contribution in [0.2, 0.25) is 0 Å². The van der Waals surface area contributed by atoms with E-state index in [1.54, 1.807) is 6.20 Å². The third kappa shape index (κ3) is 2.36. The van der Waals surface area contributed by atoms with Gasteiger partial charge in [-0.1, -0.05) is 30.0 Å². The number of aryl methyl sites for hydroxylation is 2. The molecular formula is C15H15N3OS. The summed E-state index contributed by atoms with van der Waals surface area (Å²) in [5, 5.41) is 1.78. The highest BCUT2D eigenvalue weighted by Crippen LogP contribution is 2.22. The Hall–Kier alpha value is -2.01. The van der Waals surface area contributed by atoms with Crippen molar-refractivity contribution in [3.05, 3.63) is 47.4 Å². The number of para-hydroxylation sites is 1. The standard InChI is InChI=1S/C15H15N3OS/c1-9-10(2)18-15(17-9)20-8-14(19)12-7-16-13-6-4-3-5-11(12)13/h3-7,16H,8H2,1-2H3,(H,17,18). The molecule has 2 heterocycles. The van der Waals surface area contributed by atoms with Gasteiger partial charge >= 0.3 is 0 Å². The van der Waals surface area contributed by atoms with Gasteiger partial charge in [-0.25, -0.2) is 4.98 Å². The third-order valence-corrected chi connectivity index (χ3v) is 4.21. The minimum Gasteiger partial charge on any atom is -0.360 e. The number of fused-ring (bicyclic) bond motifs is 1. The number of carbonyl (C=O) groups is 1. The maximum absolute atomic E-state index is 12.3. The smallest absolute Gasteiger partial charge is 0.175 e. The van der Waals surface area contributed by atoms with E-state index in [9.17, 15) is 4.79 Å². The summed E-state index contributed by atoms with van der Waals surface area (Å²) in [6.45, 7) is 3.94. The van der Waals surface area contributed by atoms with Crippen molar-refractivity contribution in [3.63, 3.8) is 0 Å². The van der Waals surface area contributed by atoms with Crippen LogP contribution in [0.1, 0.15) is 21.7 Å². The highest BCUT2D eigenvalue weighted by Gasteiger charge is 2.13. The molecule has 4 nitrogen and oxygen atoms in total. The summed E-state index contributed by atoms with van der Waals surface area (Å²) in [5.41, 5.74) is 3.76. The van der Waals surface area contributed by atoms with Crippen LogP contribution in [-0.2, 0) is 0 Å². The Kier molecular flexibility index (Phi) is 3.36. The molecular weight excluding hydrogens is 270 g/mol. The first-order chi connectivity index (χ1) is 9.65. The van der Waals surface area contributed by atoms with E-state index in [4.69, 9.17) is 0 Å². The zero-order chi connectivity index (χ0) is 14.1. The number of Topliss-reactive ketones (excluding diaryl/α,β-unsaturated/α-hetero) is 1. The molecule has 0 aliphatic heterocycles. The fraction of sp³-hybridized carbons (Fsp3) is 0.200. The number of benzene rings is 1. The predicted molar refractivity (Wildman–Crippen MR) is 81.4 cm³/mol. The van der Waals surface area contributed by atoms with Crippen LogP contribution < -0.4 is 0 Å². The Bertz CT molecular complexity index is 753. The van der Waals surface area contributed by atoms with Crippen LogP contribution in [0.5, 0.6) is 0 Å². The molecule has 102 valence electrons. The molecule has 0 aliphatic carbocycles. The molecule has 0 fully saturated rings. The predicted octanol–water partition coefficient (Wildman–Crippen LogP) is 3.48. The lowest BCUT2D eigenvalue weighted by Gasteiger charge is -1.98. The summed E-state index contributed by atoms with van der Waals surface area (Å²) in [6.07, 6.45) is 1.78. The van der Waals surface area contributed by atoms with E-state index in [1.165, 1.54) is 11.8 Å². The quantitative estimate of drug-likeness (QED) is 0.570. The Morgan fingerprint density at radius 3 is 2.85 bits per heavy atom. The van der Waals surface area contributed by atoms with Gasteiger partial charge in [-0.05, 0) is 19.9 Å². The molecule has 0 aliphatic rings. The number of hydrogen-bond donors (Lipinski definition) is 2. The fourth-order valence-corrected chi connectivity index (χ4v) is 2.95. The summed E-state index contributed by atoms with van der Waals surface area (Å²) in [7, 11) is 0. The van der Waals surface area contributed by atoms with Gasteiger partial charge in [0.2, 0.25) is 0 Å². The first kappa shape index (κ1) is 13.0. The van der Waals surface area contributed by atoms with Gasteiger partial charge in [-0.15, -0.1) is 0 Å². The van der Waals surface area contributed by atoms with Gasteiger partial charge in [0.05, 0.1) is 11.4 Å². The van der Waals surface area contributed by atoms with Crippen LogP contribution in [0.3, 0.4) is 0 Å². The van der Waals surface area contributed by atoms with Crippen molar-refractivity contribution in [3.8, 4) is 0 Å². The van der Waals surface area contributed by atoms with E-state index in [0.29, 0.717) is 5.75 Å². The number of imidazole rings is 1. The van der Waals surface area contributed by atoms with Crippen LogP contribution in [0.25, 0.3) is 10.9 Å². The van der Waals surface area contributed by atoms with Crippen molar-refractivity contribution in [1.29, 1.82) is 0 Å². The van der Waals surface area contributed by atoms with Gasteiger partial charge < -0.3 is 9.97 Å². The first-order valence-electron chi connectivity index (χ1n) is 6.40. The van der Waals surface area contributed by atoms with Gasteiger partial charge in [0.25, 0.3) is 0 Å². The zero-order valence-electron chi connectivity index (χ0n) is 11.4. The van der Waals surface area contributed by atoms with Crippen molar-refractivity contribution >= 4 is 28.4 Å². The van der Waals surface area contributed by atoms with Crippen LogP contribution in [0, 0.1) is 13.8 Å². The molecule has 0 radical (unpaired) electrons. The molecule has 20 heavy (non-hydrogen) atoms. The topological polar surface area (TPSA) is 61.5 Å². The second-order valence-corrected chi connectivity index (χ2v) is 5.68. The summed E-state index contributed by atoms with van der Waals surface area (Å²) < 4.78 is 0. The molecule has 0 saturated heterocycles. The Labute approximate surface area is 121 Å². The average Bonchev–Trinajstić information content (AvgIpc) is 3.00. The second kappa shape index (κ2) is 5.17. The molecule has 0 bridgehead atoms. The number of nitrogens with zero attached hydrogens (tertiary/aromatic N) is 1. The molecule has 0 spiro atoms. The molecule has 0 amide bonds. The number of thioether (sulfide) groups is 1. The zero-order valence-corrected chi connectivity index (χ0v) is 12.2. The monoisotopic (exact) mass is 285 g/mol. The highest BCUT2D eigenvalue weighted by molar-refractivity contribution is 7.99. The first-order valence-corrected chi connectivity index (χ1v) is 7.39. The molecule has 2 aromatic heterocycles. The van der Waals surface area contributed by atoms with E-state index < -0.39 is 0 Å². The van der Waals surface area contributed by atoms with Gasteiger partial charge in [-0.2, -0.15) is 0 Å². The summed E-state index contributed by atoms with van der Waals surface area (Å²) in [4.78, 5) is 23.0. The SMILES string of the molecule is Cc1nc(SCC(=O)c2c[nH]c3ccccc23)[nH]c1C. The number of H-pyrrole nitrogens is 2. The molecule has 0 saturated carbocycles. The maximum Gasteiger partial charge on any atom is 0.175 e. The van der Waals surface area contributed by atoms with E-state index in [-0.39, 0.29) is 5.78 Å². The molecule has 0 unspecified atom stereocenters. The van der Waals surface area contributed by atoms with Crippen LogP contribution in [0.15, 0.2) is 35.6 Å². The van der Waals surface area contributed by atoms with Gasteiger partial charge in [0, 0.05) is 28.4 Å². The van der Waals surface area contributed by atoms with E-state index in [1.807, 2.05) is 38.1 Å². The number of rotatable bonds is 4. The maximum atomic E-state index is 12.3. The average molecular weight is 285 g/mol. The largest absolute Gasteiger partial charge is 0.360 e. The lowest BCUT2D eigenvalue weighted by molar-refractivity contribution is 0.102. The number of nitrogens with one attached hydrogen (secondary N) is 2. The van der Waals surface area contributed by atoms with Crippen molar-refractivity contribution in [1.82, 2.24) is 15.0 Å². The summed E-state index contributed by atoms with van der Waals surface area (Å²) >= 11 is 1.44. The van der Waals surface area contributed by atoms with Crippen molar-refractivity contribution in [2.24, 2.45) is 0 Å². The number of carbonyl (C=O) groups excluding carboxylic acids is 1. The number of aromatic amines is 2. The normalized spacial score (nSPS) is 11.1. The summed E-state index contributed by atoms with van der Waals surface area (Å²) in [6, 6.07) is 7.83. The highest BCUT2D eigenvalue weighted by atomic mass is 32.2. The number of hydrogen-bond acceptors (Lipinski definition) is 3. The fourth-order valence-electron chi connectivity index (χ4n) is 2.10. The van der Waals surface area contributed by atoms with Gasteiger partial charge in [0.1, 0.15) is 0 Å². The van der Waals surface area contributed by atoms with Gasteiger partial charge in [0.15, 0.2) is 10.9 Å². The Balaban J connectivity index is 1.76. The van der Waals surface area contributed by atoms with E-state index in [0.717, 1.165) is 33.0 Å².